The van der Waals surface area contributed by atoms with E-state index in [-0.39, 0.29) is 30.3 Å². The molecule has 2 N–H and O–H groups in total. The van der Waals surface area contributed by atoms with Crippen LogP contribution in [0.4, 0.5) is 0 Å². The molecule has 150 valence electrons. The fraction of sp³-hybridized carbons (Fsp3) is 0.700. The highest BCUT2D eigenvalue weighted by Gasteiger charge is 2.29. The summed E-state index contributed by atoms with van der Waals surface area (Å²) in [5.74, 6) is 0.697. The van der Waals surface area contributed by atoms with Crippen molar-refractivity contribution in [2.45, 2.75) is 57.4 Å². The average Bonchev–Trinajstić information content (AvgIpc) is 3.35. The number of hydrogen-bond donors (Lipinski definition) is 2. The summed E-state index contributed by atoms with van der Waals surface area (Å²) in [6, 6.07) is -0.0198. The van der Waals surface area contributed by atoms with E-state index in [1.165, 1.54) is 23.3 Å². The maximum atomic E-state index is 13.1. The van der Waals surface area contributed by atoms with Crippen LogP contribution in [0.15, 0.2) is 5.38 Å². The molecule has 0 aromatic carbocycles. The van der Waals surface area contributed by atoms with Crippen LogP contribution in [-0.4, -0.2) is 48.9 Å². The molecule has 1 aromatic rings. The molecule has 0 radical (unpaired) electrons. The monoisotopic (exact) mass is 411 g/mol. The summed E-state index contributed by atoms with van der Waals surface area (Å²) in [5.41, 5.74) is 2.26. The summed E-state index contributed by atoms with van der Waals surface area (Å²) in [7, 11) is 0. The molecule has 0 saturated carbocycles. The summed E-state index contributed by atoms with van der Waals surface area (Å²) >= 11 is 1.76. The quantitative estimate of drug-likeness (QED) is 0.800. The molecule has 3 aliphatic rings. The van der Waals surface area contributed by atoms with Crippen molar-refractivity contribution in [1.29, 1.82) is 0 Å². The lowest BCUT2D eigenvalue weighted by molar-refractivity contribution is -0.123. The van der Waals surface area contributed by atoms with Crippen molar-refractivity contribution >= 4 is 35.6 Å². The molecule has 2 amide bonds. The van der Waals surface area contributed by atoms with Crippen LogP contribution in [0.5, 0.6) is 0 Å². The molecule has 2 aliphatic heterocycles. The van der Waals surface area contributed by atoms with Crippen molar-refractivity contribution in [3.05, 3.63) is 21.4 Å². The summed E-state index contributed by atoms with van der Waals surface area (Å²) in [6.07, 6.45) is 8.78. The van der Waals surface area contributed by atoms with E-state index in [4.69, 9.17) is 0 Å². The summed E-state index contributed by atoms with van der Waals surface area (Å²) in [6.45, 7) is 3.23. The number of carbonyl (C=O) groups excluding carboxylic acids is 2. The van der Waals surface area contributed by atoms with Crippen molar-refractivity contribution < 1.29 is 9.59 Å². The molecular formula is C20H30ClN3O2S. The Balaban J connectivity index is 0.00000210. The van der Waals surface area contributed by atoms with Gasteiger partial charge in [0.05, 0.1) is 11.6 Å². The number of halogens is 1. The van der Waals surface area contributed by atoms with Crippen LogP contribution in [-0.2, 0) is 17.6 Å². The van der Waals surface area contributed by atoms with E-state index in [1.807, 2.05) is 4.90 Å². The zero-order valence-corrected chi connectivity index (χ0v) is 17.4. The van der Waals surface area contributed by atoms with E-state index >= 15 is 0 Å². The first-order valence-corrected chi connectivity index (χ1v) is 11.0. The molecule has 0 spiro atoms. The largest absolute Gasteiger partial charge is 0.354 e. The number of hydrogen-bond acceptors (Lipinski definition) is 4. The van der Waals surface area contributed by atoms with Gasteiger partial charge < -0.3 is 15.5 Å². The maximum absolute atomic E-state index is 13.1. The molecule has 4 rings (SSSR count). The zero-order valence-electron chi connectivity index (χ0n) is 15.8. The van der Waals surface area contributed by atoms with Gasteiger partial charge in [0.2, 0.25) is 5.91 Å². The molecule has 5 nitrogen and oxygen atoms in total. The van der Waals surface area contributed by atoms with Crippen molar-refractivity contribution in [3.63, 3.8) is 0 Å². The number of nitrogens with one attached hydrogen (secondary N) is 2. The Morgan fingerprint density at radius 1 is 1.19 bits per heavy atom. The highest BCUT2D eigenvalue weighted by Crippen LogP contribution is 2.31. The zero-order chi connectivity index (χ0) is 17.9. The Labute approximate surface area is 171 Å². The third-order valence-electron chi connectivity index (χ3n) is 6.04. The van der Waals surface area contributed by atoms with E-state index in [2.05, 4.69) is 16.0 Å². The van der Waals surface area contributed by atoms with Gasteiger partial charge in [-0.05, 0) is 69.4 Å². The van der Waals surface area contributed by atoms with E-state index in [9.17, 15) is 9.59 Å². The Morgan fingerprint density at radius 2 is 2.04 bits per heavy atom. The molecule has 27 heavy (non-hydrogen) atoms. The minimum absolute atomic E-state index is 0. The Kier molecular flexibility index (Phi) is 7.17. The van der Waals surface area contributed by atoms with Crippen LogP contribution in [0.2, 0.25) is 0 Å². The highest BCUT2D eigenvalue weighted by atomic mass is 35.5. The molecule has 2 unspecified atom stereocenters. The van der Waals surface area contributed by atoms with E-state index in [0.717, 1.165) is 63.7 Å². The lowest BCUT2D eigenvalue weighted by atomic mass is 9.94. The van der Waals surface area contributed by atoms with Crippen LogP contribution in [0.1, 0.15) is 59.3 Å². The van der Waals surface area contributed by atoms with Gasteiger partial charge in [-0.15, -0.1) is 23.7 Å². The first-order valence-electron chi connectivity index (χ1n) is 10.1. The number of fused-ring (bicyclic) bond motifs is 1. The minimum atomic E-state index is -0.0198. The van der Waals surface area contributed by atoms with Gasteiger partial charge in [0.25, 0.3) is 5.91 Å². The van der Waals surface area contributed by atoms with Crippen LogP contribution in [0.25, 0.3) is 0 Å². The van der Waals surface area contributed by atoms with E-state index in [0.29, 0.717) is 12.5 Å². The Bertz CT molecular complexity index is 672. The average molecular weight is 412 g/mol. The normalized spacial score (nSPS) is 24.8. The molecular weight excluding hydrogens is 382 g/mol. The number of rotatable bonds is 4. The van der Waals surface area contributed by atoms with Gasteiger partial charge in [-0.3, -0.25) is 9.59 Å². The fourth-order valence-corrected chi connectivity index (χ4v) is 5.66. The van der Waals surface area contributed by atoms with Gasteiger partial charge in [0.15, 0.2) is 0 Å². The number of carbonyl (C=O) groups is 2. The van der Waals surface area contributed by atoms with Crippen LogP contribution >= 0.6 is 23.7 Å². The first-order chi connectivity index (χ1) is 12.7. The molecule has 2 saturated heterocycles. The predicted octanol–water partition coefficient (Wildman–Crippen LogP) is 2.77. The summed E-state index contributed by atoms with van der Waals surface area (Å²) < 4.78 is 0. The van der Waals surface area contributed by atoms with Crippen LogP contribution in [0.3, 0.4) is 0 Å². The third-order valence-corrected chi connectivity index (χ3v) is 7.13. The van der Waals surface area contributed by atoms with Gasteiger partial charge in [-0.1, -0.05) is 0 Å². The van der Waals surface area contributed by atoms with Crippen molar-refractivity contribution in [2.75, 3.05) is 26.2 Å². The number of aryl methyl sites for hydroxylation is 1. The fourth-order valence-electron chi connectivity index (χ4n) is 4.54. The van der Waals surface area contributed by atoms with Gasteiger partial charge in [-0.2, -0.15) is 0 Å². The molecule has 7 heteroatoms. The number of amides is 2. The SMILES string of the molecule is Cl.O=C(NCC1CCCN(C(=O)c2csc3c2CCCC3)C1)C1CCCN1. The molecule has 1 aliphatic carbocycles. The van der Waals surface area contributed by atoms with Crippen molar-refractivity contribution in [1.82, 2.24) is 15.5 Å². The second-order valence-corrected chi connectivity index (χ2v) is 8.88. The standard InChI is InChI=1S/C20H29N3O2S.ClH/c24-19(17-7-3-9-21-17)22-11-14-5-4-10-23(12-14)20(25)16-13-26-18-8-2-1-6-15(16)18;/h13-14,17,21H,1-12H2,(H,22,24);1H. The summed E-state index contributed by atoms with van der Waals surface area (Å²) in [4.78, 5) is 28.7. The predicted molar refractivity (Wildman–Crippen MR) is 111 cm³/mol. The Morgan fingerprint density at radius 3 is 2.85 bits per heavy atom. The minimum Gasteiger partial charge on any atom is -0.354 e. The number of thiophene rings is 1. The summed E-state index contributed by atoms with van der Waals surface area (Å²) in [5, 5.41) is 8.42. The highest BCUT2D eigenvalue weighted by molar-refractivity contribution is 7.10. The van der Waals surface area contributed by atoms with E-state index in [1.54, 1.807) is 11.3 Å². The van der Waals surface area contributed by atoms with Gasteiger partial charge in [-0.25, -0.2) is 0 Å². The second-order valence-electron chi connectivity index (χ2n) is 7.91. The maximum Gasteiger partial charge on any atom is 0.254 e. The molecule has 0 bridgehead atoms. The van der Waals surface area contributed by atoms with Gasteiger partial charge in [0.1, 0.15) is 0 Å². The lowest BCUT2D eigenvalue weighted by Gasteiger charge is -2.33. The van der Waals surface area contributed by atoms with Crippen LogP contribution < -0.4 is 10.6 Å². The Hall–Kier alpha value is -1.11. The topological polar surface area (TPSA) is 61.4 Å². The molecule has 1 aromatic heterocycles. The first kappa shape index (κ1) is 20.6. The second kappa shape index (κ2) is 9.39. The van der Waals surface area contributed by atoms with Gasteiger partial charge in [0, 0.05) is 29.9 Å². The van der Waals surface area contributed by atoms with Crippen molar-refractivity contribution in [3.8, 4) is 0 Å². The molecule has 3 heterocycles. The van der Waals surface area contributed by atoms with Crippen molar-refractivity contribution in [2.24, 2.45) is 5.92 Å². The number of piperidine rings is 1. The smallest absolute Gasteiger partial charge is 0.254 e. The van der Waals surface area contributed by atoms with Gasteiger partial charge >= 0.3 is 0 Å². The molecule has 2 atom stereocenters. The number of likely N-dealkylation sites (tertiary alicyclic amines) is 1. The lowest BCUT2D eigenvalue weighted by Crippen LogP contribution is -2.46. The molecule has 2 fully saturated rings. The van der Waals surface area contributed by atoms with Crippen LogP contribution in [0, 0.1) is 5.92 Å². The third kappa shape index (κ3) is 4.66. The number of nitrogens with zero attached hydrogens (tertiary/aromatic N) is 1. The van der Waals surface area contributed by atoms with E-state index < -0.39 is 0 Å².